The van der Waals surface area contributed by atoms with Crippen molar-refractivity contribution in [3.8, 4) is 23.4 Å². The average molecular weight is 409 g/mol. The number of fused-ring (bicyclic) bond motifs is 2. The molecule has 0 heterocycles. The quantitative estimate of drug-likeness (QED) is 0.211. The molecule has 5 rings (SSSR count). The van der Waals surface area contributed by atoms with E-state index in [0.717, 1.165) is 26.7 Å². The Labute approximate surface area is 184 Å². The lowest BCUT2D eigenvalue weighted by molar-refractivity contribution is 1.72. The molecule has 0 aliphatic rings. The molecule has 1 heteroatoms. The molecule has 0 aromatic heterocycles. The van der Waals surface area contributed by atoms with Crippen LogP contribution in [0.5, 0.6) is 0 Å². The molecule has 0 unspecified atom stereocenters. The normalized spacial score (nSPS) is 10.9. The summed E-state index contributed by atoms with van der Waals surface area (Å²) in [7, 11) is -2.71. The Bertz CT molecular complexity index is 1390. The Kier molecular flexibility index (Phi) is 4.89. The Balaban J connectivity index is 1.83. The summed E-state index contributed by atoms with van der Waals surface area (Å²) in [5, 5.41) is 6.99. The van der Waals surface area contributed by atoms with Crippen LogP contribution in [0.4, 0.5) is 0 Å². The molecule has 0 saturated heterocycles. The van der Waals surface area contributed by atoms with E-state index in [1.54, 1.807) is 0 Å². The van der Waals surface area contributed by atoms with Gasteiger partial charge in [-0.1, -0.05) is 121 Å². The van der Waals surface area contributed by atoms with Crippen molar-refractivity contribution in [2.75, 3.05) is 0 Å². The van der Waals surface area contributed by atoms with E-state index in [-0.39, 0.29) is 0 Å². The molecule has 0 aliphatic carbocycles. The monoisotopic (exact) mass is 408 g/mol. The molecule has 0 aliphatic heterocycles. The molecule has 31 heavy (non-hydrogen) atoms. The van der Waals surface area contributed by atoms with Crippen LogP contribution in [0.2, 0.25) is 0 Å². The maximum Gasteiger partial charge on any atom is 0.275 e. The largest absolute Gasteiger partial charge is 0.275 e. The molecule has 0 radical (unpaired) electrons. The summed E-state index contributed by atoms with van der Waals surface area (Å²) in [5.41, 5.74) is 7.90. The van der Waals surface area contributed by atoms with E-state index in [0.29, 0.717) is 0 Å². The predicted octanol–water partition coefficient (Wildman–Crippen LogP) is 5.32. The SMILES string of the molecule is C#C[Si](C#Cc1c2ccccc2cc2ccccc12)(c1ccccc1)c1ccccc1. The second kappa shape index (κ2) is 8.00. The molecule has 5 aromatic carbocycles. The highest BCUT2D eigenvalue weighted by atomic mass is 28.3. The molecule has 0 fully saturated rings. The Morgan fingerprint density at radius 2 is 1.00 bits per heavy atom. The first-order valence-electron chi connectivity index (χ1n) is 10.3. The molecular formula is C30H20Si. The third-order valence-corrected chi connectivity index (χ3v) is 9.11. The Hall–Kier alpha value is -4.04. The van der Waals surface area contributed by atoms with Crippen molar-refractivity contribution in [3.05, 3.63) is 121 Å². The minimum atomic E-state index is -2.71. The Morgan fingerprint density at radius 1 is 0.548 bits per heavy atom. The number of hydrogen-bond acceptors (Lipinski definition) is 0. The molecule has 0 N–H and O–H groups in total. The lowest BCUT2D eigenvalue weighted by atomic mass is 9.97. The van der Waals surface area contributed by atoms with E-state index in [4.69, 9.17) is 6.42 Å². The summed E-state index contributed by atoms with van der Waals surface area (Å²) >= 11 is 0. The van der Waals surface area contributed by atoms with Gasteiger partial charge in [0.2, 0.25) is 0 Å². The van der Waals surface area contributed by atoms with Crippen LogP contribution in [-0.4, -0.2) is 8.07 Å². The van der Waals surface area contributed by atoms with Gasteiger partial charge in [-0.05, 0) is 38.0 Å². The lowest BCUT2D eigenvalue weighted by Gasteiger charge is -2.21. The molecule has 0 amide bonds. The fourth-order valence-corrected chi connectivity index (χ4v) is 6.92. The van der Waals surface area contributed by atoms with Crippen LogP contribution >= 0.6 is 0 Å². The number of benzene rings is 5. The van der Waals surface area contributed by atoms with Crippen molar-refractivity contribution in [3.63, 3.8) is 0 Å². The van der Waals surface area contributed by atoms with Gasteiger partial charge in [0.1, 0.15) is 0 Å². The molecule has 0 atom stereocenters. The van der Waals surface area contributed by atoms with Crippen LogP contribution in [0.15, 0.2) is 115 Å². The third kappa shape index (κ3) is 3.32. The van der Waals surface area contributed by atoms with Gasteiger partial charge in [0.05, 0.1) is 0 Å². The number of hydrogen-bond donors (Lipinski definition) is 0. The summed E-state index contributed by atoms with van der Waals surface area (Å²) in [6.07, 6.45) is 6.27. The van der Waals surface area contributed by atoms with Gasteiger partial charge in [0.15, 0.2) is 0 Å². The minimum Gasteiger partial charge on any atom is -0.125 e. The highest BCUT2D eigenvalue weighted by Crippen LogP contribution is 2.27. The van der Waals surface area contributed by atoms with Crippen molar-refractivity contribution in [2.24, 2.45) is 0 Å². The van der Waals surface area contributed by atoms with Gasteiger partial charge in [-0.2, -0.15) is 0 Å². The standard InChI is InChI=1S/C30H20Si/c1-2-31(26-15-5-3-6-16-26,27-17-7-4-8-18-27)22-21-30-28-19-11-9-13-24(28)23-25-14-10-12-20-29(25)30/h1,3-20,23H. The molecule has 0 bridgehead atoms. The summed E-state index contributed by atoms with van der Waals surface area (Å²) in [6, 6.07) is 39.8. The second-order valence-electron chi connectivity index (χ2n) is 7.57. The summed E-state index contributed by atoms with van der Waals surface area (Å²) < 4.78 is 0. The van der Waals surface area contributed by atoms with Gasteiger partial charge in [0.25, 0.3) is 8.07 Å². The van der Waals surface area contributed by atoms with Gasteiger partial charge < -0.3 is 0 Å². The van der Waals surface area contributed by atoms with Gasteiger partial charge in [-0.3, -0.25) is 0 Å². The van der Waals surface area contributed by atoms with Crippen molar-refractivity contribution in [2.45, 2.75) is 0 Å². The zero-order valence-corrected chi connectivity index (χ0v) is 18.0. The minimum absolute atomic E-state index is 1.05. The summed E-state index contributed by atoms with van der Waals surface area (Å²) in [4.78, 5) is 0. The van der Waals surface area contributed by atoms with Crippen LogP contribution in [0, 0.1) is 23.4 Å². The van der Waals surface area contributed by atoms with Gasteiger partial charge in [-0.15, -0.1) is 12.0 Å². The van der Waals surface area contributed by atoms with E-state index in [2.05, 4.69) is 95.9 Å². The van der Waals surface area contributed by atoms with E-state index in [9.17, 15) is 0 Å². The molecule has 0 spiro atoms. The topological polar surface area (TPSA) is 0 Å². The third-order valence-electron chi connectivity index (χ3n) is 5.78. The second-order valence-corrected chi connectivity index (χ2v) is 10.8. The highest BCUT2D eigenvalue weighted by molar-refractivity contribution is 7.13. The molecule has 5 aromatic rings. The van der Waals surface area contributed by atoms with Crippen LogP contribution in [0.25, 0.3) is 21.5 Å². The predicted molar refractivity (Wildman–Crippen MR) is 135 cm³/mol. The highest BCUT2D eigenvalue weighted by Gasteiger charge is 2.34. The first kappa shape index (κ1) is 19.0. The number of terminal acetylenes is 1. The van der Waals surface area contributed by atoms with Crippen molar-refractivity contribution in [1.82, 2.24) is 0 Å². The summed E-state index contributed by atoms with van der Waals surface area (Å²) in [6.45, 7) is 0. The van der Waals surface area contributed by atoms with Crippen LogP contribution in [0.1, 0.15) is 5.56 Å². The van der Waals surface area contributed by atoms with E-state index in [1.807, 2.05) is 36.4 Å². The zero-order valence-electron chi connectivity index (χ0n) is 17.0. The zero-order chi connectivity index (χ0) is 21.1. The lowest BCUT2D eigenvalue weighted by Crippen LogP contribution is -2.56. The fraction of sp³-hybridized carbons (Fsp3) is 0. The maximum atomic E-state index is 6.27. The van der Waals surface area contributed by atoms with Crippen molar-refractivity contribution < 1.29 is 0 Å². The van der Waals surface area contributed by atoms with Crippen molar-refractivity contribution in [1.29, 1.82) is 0 Å². The van der Waals surface area contributed by atoms with E-state index < -0.39 is 8.07 Å². The van der Waals surface area contributed by atoms with Crippen LogP contribution in [-0.2, 0) is 0 Å². The first-order valence-corrected chi connectivity index (χ1v) is 12.3. The molecular weight excluding hydrogens is 388 g/mol. The van der Waals surface area contributed by atoms with Crippen molar-refractivity contribution >= 4 is 40.0 Å². The summed E-state index contributed by atoms with van der Waals surface area (Å²) in [5.74, 6) is 3.59. The van der Waals surface area contributed by atoms with Gasteiger partial charge in [0, 0.05) is 5.56 Å². The smallest absolute Gasteiger partial charge is 0.125 e. The van der Waals surface area contributed by atoms with E-state index >= 15 is 0 Å². The fourth-order valence-electron chi connectivity index (χ4n) is 4.19. The van der Waals surface area contributed by atoms with Crippen LogP contribution in [0.3, 0.4) is 0 Å². The number of rotatable bonds is 2. The maximum absolute atomic E-state index is 6.27. The molecule has 144 valence electrons. The van der Waals surface area contributed by atoms with Gasteiger partial charge >= 0.3 is 0 Å². The average Bonchev–Trinajstić information content (AvgIpc) is 2.85. The van der Waals surface area contributed by atoms with E-state index in [1.165, 1.54) is 10.8 Å². The first-order chi connectivity index (χ1) is 15.3. The Morgan fingerprint density at radius 3 is 1.48 bits per heavy atom. The molecule has 0 nitrogen and oxygen atoms in total. The van der Waals surface area contributed by atoms with Gasteiger partial charge in [-0.25, -0.2) is 0 Å². The van der Waals surface area contributed by atoms with Crippen LogP contribution < -0.4 is 10.4 Å². The molecule has 0 saturated carbocycles.